The van der Waals surface area contributed by atoms with Crippen molar-refractivity contribution in [3.8, 4) is 0 Å². The molecular formula is C4H9N5O2. The number of carboxylic acid groups (broad SMARTS) is 1. The van der Waals surface area contributed by atoms with Crippen molar-refractivity contribution in [2.45, 2.75) is 12.7 Å². The van der Waals surface area contributed by atoms with E-state index in [1.807, 2.05) is 0 Å². The fraction of sp³-hybridized carbons (Fsp3) is 0.750. The first-order chi connectivity index (χ1) is 5.20. The molecule has 0 aliphatic carbocycles. The van der Waals surface area contributed by atoms with Gasteiger partial charge in [-0.05, 0) is 0 Å². The highest BCUT2D eigenvalue weighted by molar-refractivity contribution is 5.66. The van der Waals surface area contributed by atoms with Crippen LogP contribution in [-0.2, 0) is 4.79 Å². The lowest BCUT2D eigenvalue weighted by atomic mass is 10.4. The van der Waals surface area contributed by atoms with E-state index in [0.717, 1.165) is 0 Å². The van der Waals surface area contributed by atoms with Gasteiger partial charge in [0.1, 0.15) is 0 Å². The number of hydrazine groups is 1. The summed E-state index contributed by atoms with van der Waals surface area (Å²) in [5.74, 6) is -0.870. The van der Waals surface area contributed by atoms with Crippen molar-refractivity contribution >= 4 is 5.97 Å². The Morgan fingerprint density at radius 2 is 2.55 bits per heavy atom. The van der Waals surface area contributed by atoms with E-state index in [4.69, 9.17) is 10.8 Å². The van der Waals surface area contributed by atoms with Gasteiger partial charge in [-0.25, -0.2) is 5.53 Å². The number of carboxylic acids is 1. The molecule has 0 saturated heterocycles. The molecule has 1 unspecified atom stereocenters. The van der Waals surface area contributed by atoms with Gasteiger partial charge in [0.25, 0.3) is 0 Å². The van der Waals surface area contributed by atoms with Crippen molar-refractivity contribution in [3.63, 3.8) is 0 Å². The van der Waals surface area contributed by atoms with Crippen LogP contribution in [0.5, 0.6) is 0 Å². The van der Waals surface area contributed by atoms with Gasteiger partial charge in [0.15, 0.2) is 6.29 Å². The molecule has 4 N–H and O–H groups in total. The number of carbonyl (C=O) groups is 1. The molecule has 1 rings (SSSR count). The predicted molar refractivity (Wildman–Crippen MR) is 34.9 cm³/mol. The van der Waals surface area contributed by atoms with Gasteiger partial charge in [-0.2, -0.15) is 5.01 Å². The summed E-state index contributed by atoms with van der Waals surface area (Å²) in [4.78, 5) is 10.1. The maximum atomic E-state index is 10.1. The van der Waals surface area contributed by atoms with Crippen LogP contribution in [-0.4, -0.2) is 28.9 Å². The number of nitrogens with two attached hydrogens (primary N) is 1. The van der Waals surface area contributed by atoms with E-state index in [1.165, 1.54) is 5.01 Å². The van der Waals surface area contributed by atoms with Gasteiger partial charge in [0.2, 0.25) is 0 Å². The minimum Gasteiger partial charge on any atom is -0.481 e. The molecule has 0 radical (unpaired) electrons. The number of aliphatic carboxylic acids is 1. The van der Waals surface area contributed by atoms with E-state index in [9.17, 15) is 4.79 Å². The molecule has 0 fully saturated rings. The predicted octanol–water partition coefficient (Wildman–Crippen LogP) is -1.11. The lowest BCUT2D eigenvalue weighted by Crippen LogP contribution is -2.43. The molecule has 62 valence electrons. The molecule has 1 aliphatic rings. The van der Waals surface area contributed by atoms with E-state index >= 15 is 0 Å². The standard InChI is InChI=1S/C4H9N5O2/c5-4-6-7-8-9(4)2-1-3(10)11/h4H,1-2,5H2,(H,6,8)(H,10,11). The summed E-state index contributed by atoms with van der Waals surface area (Å²) in [5.41, 5.74) is 7.84. The summed E-state index contributed by atoms with van der Waals surface area (Å²) in [7, 11) is 0. The molecule has 0 aromatic carbocycles. The zero-order chi connectivity index (χ0) is 8.27. The first-order valence-corrected chi connectivity index (χ1v) is 3.09. The minimum absolute atomic E-state index is 0.0196. The second-order valence-corrected chi connectivity index (χ2v) is 2.07. The van der Waals surface area contributed by atoms with Crippen molar-refractivity contribution in [3.05, 3.63) is 0 Å². The minimum atomic E-state index is -0.870. The summed E-state index contributed by atoms with van der Waals surface area (Å²) in [6.45, 7) is 0.295. The third-order valence-corrected chi connectivity index (χ3v) is 1.24. The molecule has 1 heterocycles. The van der Waals surface area contributed by atoms with Gasteiger partial charge in [0.05, 0.1) is 6.42 Å². The van der Waals surface area contributed by atoms with Crippen molar-refractivity contribution in [2.24, 2.45) is 16.1 Å². The van der Waals surface area contributed by atoms with E-state index in [2.05, 4.69) is 15.9 Å². The van der Waals surface area contributed by atoms with Crippen LogP contribution in [0, 0.1) is 0 Å². The summed E-state index contributed by atoms with van der Waals surface area (Å²) < 4.78 is 0. The highest BCUT2D eigenvalue weighted by Gasteiger charge is 2.18. The molecule has 0 spiro atoms. The highest BCUT2D eigenvalue weighted by Crippen LogP contribution is 1.99. The van der Waals surface area contributed by atoms with Crippen LogP contribution in [0.1, 0.15) is 6.42 Å². The normalized spacial score (nSPS) is 23.5. The second-order valence-electron chi connectivity index (χ2n) is 2.07. The molecule has 0 aromatic heterocycles. The maximum Gasteiger partial charge on any atom is 0.304 e. The lowest BCUT2D eigenvalue weighted by Gasteiger charge is -2.15. The van der Waals surface area contributed by atoms with Crippen LogP contribution in [0.15, 0.2) is 10.3 Å². The molecule has 0 amide bonds. The van der Waals surface area contributed by atoms with Crippen LogP contribution in [0.4, 0.5) is 0 Å². The van der Waals surface area contributed by atoms with Gasteiger partial charge in [-0.1, -0.05) is 5.22 Å². The topological polar surface area (TPSA) is 103 Å². The molecule has 0 saturated carbocycles. The van der Waals surface area contributed by atoms with Crippen molar-refractivity contribution < 1.29 is 9.90 Å². The van der Waals surface area contributed by atoms with Gasteiger partial charge < -0.3 is 5.11 Å². The Morgan fingerprint density at radius 3 is 3.00 bits per heavy atom. The first kappa shape index (κ1) is 7.89. The van der Waals surface area contributed by atoms with Crippen LogP contribution in [0.2, 0.25) is 0 Å². The van der Waals surface area contributed by atoms with Crippen LogP contribution >= 0.6 is 0 Å². The van der Waals surface area contributed by atoms with Crippen molar-refractivity contribution in [2.75, 3.05) is 6.54 Å². The van der Waals surface area contributed by atoms with E-state index < -0.39 is 12.3 Å². The first-order valence-electron chi connectivity index (χ1n) is 3.09. The van der Waals surface area contributed by atoms with Gasteiger partial charge in [0, 0.05) is 6.54 Å². The Kier molecular flexibility index (Phi) is 2.34. The quantitative estimate of drug-likeness (QED) is 0.484. The molecule has 0 bridgehead atoms. The van der Waals surface area contributed by atoms with E-state index in [1.54, 1.807) is 0 Å². The highest BCUT2D eigenvalue weighted by atomic mass is 16.4. The van der Waals surface area contributed by atoms with Crippen molar-refractivity contribution in [1.29, 1.82) is 0 Å². The summed E-state index contributed by atoms with van der Waals surface area (Å²) in [5, 5.41) is 16.7. The zero-order valence-corrected chi connectivity index (χ0v) is 5.77. The zero-order valence-electron chi connectivity index (χ0n) is 5.77. The maximum absolute atomic E-state index is 10.1. The number of nitrogens with zero attached hydrogens (tertiary/aromatic N) is 3. The van der Waals surface area contributed by atoms with Crippen LogP contribution < -0.4 is 11.3 Å². The summed E-state index contributed by atoms with van der Waals surface area (Å²) >= 11 is 0. The molecule has 0 aromatic rings. The molecular weight excluding hydrogens is 150 g/mol. The lowest BCUT2D eigenvalue weighted by molar-refractivity contribution is -0.137. The van der Waals surface area contributed by atoms with Gasteiger partial charge in [-0.3, -0.25) is 10.5 Å². The molecule has 11 heavy (non-hydrogen) atoms. The summed E-state index contributed by atoms with van der Waals surface area (Å²) in [6.07, 6.45) is -0.541. The number of rotatable bonds is 3. The van der Waals surface area contributed by atoms with Crippen molar-refractivity contribution in [1.82, 2.24) is 10.5 Å². The van der Waals surface area contributed by atoms with Gasteiger partial charge in [-0.15, -0.1) is 5.11 Å². The smallest absolute Gasteiger partial charge is 0.304 e. The average Bonchev–Trinajstić information content (AvgIpc) is 2.31. The Bertz CT molecular complexity index is 181. The fourth-order valence-corrected chi connectivity index (χ4v) is 0.662. The van der Waals surface area contributed by atoms with E-state index in [-0.39, 0.29) is 6.42 Å². The third-order valence-electron chi connectivity index (χ3n) is 1.24. The molecule has 7 heteroatoms. The number of nitrogens with one attached hydrogen (secondary N) is 1. The SMILES string of the molecule is NC1N=NNN1CCC(=O)O. The largest absolute Gasteiger partial charge is 0.481 e. The summed E-state index contributed by atoms with van der Waals surface area (Å²) in [6, 6.07) is 0. The monoisotopic (exact) mass is 159 g/mol. The molecule has 1 aliphatic heterocycles. The Morgan fingerprint density at radius 1 is 1.82 bits per heavy atom. The number of hydrogen-bond acceptors (Lipinski definition) is 6. The van der Waals surface area contributed by atoms with Gasteiger partial charge >= 0.3 is 5.97 Å². The van der Waals surface area contributed by atoms with E-state index in [0.29, 0.717) is 6.54 Å². The van der Waals surface area contributed by atoms with Crippen LogP contribution in [0.25, 0.3) is 0 Å². The molecule has 7 nitrogen and oxygen atoms in total. The third kappa shape index (κ3) is 2.13. The molecule has 1 atom stereocenters. The Balaban J connectivity index is 2.23. The average molecular weight is 159 g/mol. The Hall–Kier alpha value is -1.21. The fourth-order valence-electron chi connectivity index (χ4n) is 0.662. The Labute approximate surface area is 62.8 Å². The second kappa shape index (κ2) is 3.26. The number of hydrogen-bond donors (Lipinski definition) is 3. The van der Waals surface area contributed by atoms with Crippen LogP contribution in [0.3, 0.4) is 0 Å².